The van der Waals surface area contributed by atoms with Gasteiger partial charge in [-0.3, -0.25) is 0 Å². The molecule has 0 atom stereocenters. The maximum atomic E-state index is 7.04. The minimum Gasteiger partial charge on any atom is -0.535 e. The van der Waals surface area contributed by atoms with Crippen LogP contribution in [0.5, 0.6) is 5.75 Å². The highest BCUT2D eigenvalue weighted by Gasteiger charge is 2.41. The van der Waals surface area contributed by atoms with Crippen molar-refractivity contribution in [3.8, 4) is 5.75 Å². The van der Waals surface area contributed by atoms with Gasteiger partial charge >= 0.3 is 8.32 Å². The second-order valence-corrected chi connectivity index (χ2v) is 14.5. The summed E-state index contributed by atoms with van der Waals surface area (Å²) >= 11 is 0. The molecule has 0 saturated carbocycles. The van der Waals surface area contributed by atoms with Gasteiger partial charge in [-0.15, -0.1) is 0 Å². The van der Waals surface area contributed by atoms with Gasteiger partial charge in [0.1, 0.15) is 5.75 Å². The van der Waals surface area contributed by atoms with E-state index in [1.54, 1.807) is 0 Å². The Kier molecular flexibility index (Phi) is 15.0. The highest BCUT2D eigenvalue weighted by molar-refractivity contribution is 6.98. The van der Waals surface area contributed by atoms with Gasteiger partial charge in [-0.1, -0.05) is 189 Å². The van der Waals surface area contributed by atoms with Crippen molar-refractivity contribution in [1.29, 1.82) is 0 Å². The average molecular weight is 529 g/mol. The maximum absolute atomic E-state index is 7.04. The molecule has 0 fully saturated rings. The Hall–Kier alpha value is -2.32. The Labute approximate surface area is 235 Å². The lowest BCUT2D eigenvalue weighted by molar-refractivity contribution is 0.527. The fourth-order valence-electron chi connectivity index (χ4n) is 5.65. The van der Waals surface area contributed by atoms with Crippen LogP contribution in [0.15, 0.2) is 91.0 Å². The minimum absolute atomic E-state index is 0.989. The Morgan fingerprint density at radius 3 is 1.16 bits per heavy atom. The molecule has 206 valence electrons. The molecule has 0 heterocycles. The first-order valence-corrected chi connectivity index (χ1v) is 17.8. The van der Waals surface area contributed by atoms with Gasteiger partial charge in [-0.05, 0) is 28.6 Å². The Bertz CT molecular complexity index is 901. The zero-order chi connectivity index (χ0) is 26.6. The van der Waals surface area contributed by atoms with Gasteiger partial charge < -0.3 is 4.43 Å². The monoisotopic (exact) mass is 528 g/mol. The average Bonchev–Trinajstić information content (AvgIpc) is 2.98. The topological polar surface area (TPSA) is 9.23 Å². The summed E-state index contributed by atoms with van der Waals surface area (Å²) in [6, 6.07) is 33.6. The molecule has 0 aromatic heterocycles. The van der Waals surface area contributed by atoms with Crippen LogP contribution in [0.2, 0.25) is 6.04 Å². The van der Waals surface area contributed by atoms with E-state index in [1.165, 1.54) is 113 Å². The van der Waals surface area contributed by atoms with Crippen molar-refractivity contribution in [1.82, 2.24) is 0 Å². The van der Waals surface area contributed by atoms with Crippen molar-refractivity contribution < 1.29 is 4.43 Å². The lowest BCUT2D eigenvalue weighted by atomic mass is 10.0. The molecule has 2 heteroatoms. The Morgan fingerprint density at radius 2 is 0.763 bits per heavy atom. The molecule has 1 nitrogen and oxygen atoms in total. The SMILES string of the molecule is CCCCCCCCCCCCCCCCCC[Si](Oc1ccccc1)(c1ccccc1)c1ccccc1. The third-order valence-corrected chi connectivity index (χ3v) is 12.1. The summed E-state index contributed by atoms with van der Waals surface area (Å²) in [5.41, 5.74) is 0. The first-order valence-electron chi connectivity index (χ1n) is 15.7. The van der Waals surface area contributed by atoms with E-state index in [4.69, 9.17) is 4.43 Å². The van der Waals surface area contributed by atoms with E-state index in [-0.39, 0.29) is 0 Å². The fraction of sp³-hybridized carbons (Fsp3) is 0.500. The van der Waals surface area contributed by atoms with Crippen LogP contribution in [0.3, 0.4) is 0 Å². The van der Waals surface area contributed by atoms with Crippen molar-refractivity contribution in [2.75, 3.05) is 0 Å². The molecule has 0 saturated heterocycles. The zero-order valence-corrected chi connectivity index (χ0v) is 25.1. The quantitative estimate of drug-likeness (QED) is 0.0987. The highest BCUT2D eigenvalue weighted by atomic mass is 28.4. The number of benzene rings is 3. The van der Waals surface area contributed by atoms with E-state index in [2.05, 4.69) is 97.9 Å². The number of unbranched alkanes of at least 4 members (excludes halogenated alkanes) is 15. The third kappa shape index (κ3) is 10.8. The molecule has 0 radical (unpaired) electrons. The summed E-state index contributed by atoms with van der Waals surface area (Å²) in [5.74, 6) is 0.989. The Morgan fingerprint density at radius 1 is 0.421 bits per heavy atom. The predicted octanol–water partition coefficient (Wildman–Crippen LogP) is 10.1. The molecular weight excluding hydrogens is 476 g/mol. The van der Waals surface area contributed by atoms with Crippen molar-refractivity contribution in [3.63, 3.8) is 0 Å². The minimum atomic E-state index is -2.40. The summed E-state index contributed by atoms with van der Waals surface area (Å²) in [6.45, 7) is 2.30. The summed E-state index contributed by atoms with van der Waals surface area (Å²) < 4.78 is 7.04. The third-order valence-electron chi connectivity index (χ3n) is 7.90. The number of hydrogen-bond acceptors (Lipinski definition) is 1. The molecule has 3 aromatic carbocycles. The van der Waals surface area contributed by atoms with Gasteiger partial charge in [0, 0.05) is 0 Å². The number of hydrogen-bond donors (Lipinski definition) is 0. The first-order chi connectivity index (χ1) is 18.8. The summed E-state index contributed by atoms with van der Waals surface area (Å²) in [7, 11) is -2.40. The van der Waals surface area contributed by atoms with Gasteiger partial charge in [0.2, 0.25) is 0 Å². The largest absolute Gasteiger partial charge is 0.535 e. The van der Waals surface area contributed by atoms with Crippen LogP contribution in [0, 0.1) is 0 Å². The summed E-state index contributed by atoms with van der Waals surface area (Å²) in [4.78, 5) is 0. The van der Waals surface area contributed by atoms with Crippen molar-refractivity contribution in [2.24, 2.45) is 0 Å². The molecule has 0 aliphatic rings. The lowest BCUT2D eigenvalue weighted by Gasteiger charge is -2.33. The molecule has 0 bridgehead atoms. The van der Waals surface area contributed by atoms with Gasteiger partial charge in [0.25, 0.3) is 0 Å². The smallest absolute Gasteiger partial charge is 0.314 e. The molecule has 0 N–H and O–H groups in total. The highest BCUT2D eigenvalue weighted by Crippen LogP contribution is 2.23. The second-order valence-electron chi connectivity index (χ2n) is 11.0. The van der Waals surface area contributed by atoms with Crippen LogP contribution in [0.25, 0.3) is 0 Å². The molecular formula is C36H52OSi. The summed E-state index contributed by atoms with van der Waals surface area (Å²) in [5, 5.41) is 2.74. The zero-order valence-electron chi connectivity index (χ0n) is 24.1. The first kappa shape index (κ1) is 30.2. The molecule has 0 aliphatic heterocycles. The van der Waals surface area contributed by atoms with Crippen LogP contribution < -0.4 is 14.8 Å². The van der Waals surface area contributed by atoms with Crippen molar-refractivity contribution in [3.05, 3.63) is 91.0 Å². The number of rotatable bonds is 21. The molecule has 3 aromatic rings. The van der Waals surface area contributed by atoms with Crippen LogP contribution in [0.4, 0.5) is 0 Å². The van der Waals surface area contributed by atoms with Gasteiger partial charge in [0.05, 0.1) is 0 Å². The maximum Gasteiger partial charge on any atom is 0.314 e. The van der Waals surface area contributed by atoms with Crippen LogP contribution in [-0.2, 0) is 0 Å². The van der Waals surface area contributed by atoms with E-state index >= 15 is 0 Å². The second kappa shape index (κ2) is 18.8. The van der Waals surface area contributed by atoms with Crippen LogP contribution >= 0.6 is 0 Å². The lowest BCUT2D eigenvalue weighted by Crippen LogP contribution is -2.63. The standard InChI is InChI=1S/C36H52OSi/c1-2-3-4-5-6-7-8-9-10-11-12-13-14-15-16-26-33-38(35-29-22-18-23-30-35,36-31-24-19-25-32-36)37-34-27-20-17-21-28-34/h17-25,27-32H,2-16,26,33H2,1H3. The van der Waals surface area contributed by atoms with E-state index in [0.717, 1.165) is 11.8 Å². The van der Waals surface area contributed by atoms with Crippen LogP contribution in [0.1, 0.15) is 110 Å². The number of para-hydroxylation sites is 1. The van der Waals surface area contributed by atoms with E-state index in [9.17, 15) is 0 Å². The van der Waals surface area contributed by atoms with Gasteiger partial charge in [0.15, 0.2) is 0 Å². The van der Waals surface area contributed by atoms with Gasteiger partial charge in [-0.25, -0.2) is 0 Å². The molecule has 0 aliphatic carbocycles. The predicted molar refractivity (Wildman–Crippen MR) is 169 cm³/mol. The van der Waals surface area contributed by atoms with E-state index in [0.29, 0.717) is 0 Å². The normalized spacial score (nSPS) is 11.5. The summed E-state index contributed by atoms with van der Waals surface area (Å²) in [6.07, 6.45) is 22.4. The van der Waals surface area contributed by atoms with Crippen molar-refractivity contribution >= 4 is 18.7 Å². The van der Waals surface area contributed by atoms with Gasteiger partial charge in [-0.2, -0.15) is 0 Å². The van der Waals surface area contributed by atoms with E-state index < -0.39 is 8.32 Å². The molecule has 0 unspecified atom stereocenters. The molecule has 0 spiro atoms. The van der Waals surface area contributed by atoms with E-state index in [1.807, 2.05) is 0 Å². The fourth-order valence-corrected chi connectivity index (χ4v) is 9.65. The molecule has 0 amide bonds. The molecule has 3 rings (SSSR count). The van der Waals surface area contributed by atoms with Crippen LogP contribution in [-0.4, -0.2) is 8.32 Å². The van der Waals surface area contributed by atoms with Crippen molar-refractivity contribution in [2.45, 2.75) is 116 Å². The molecule has 38 heavy (non-hydrogen) atoms. The Balaban J connectivity index is 1.41.